The number of amides is 1. The first-order valence-corrected chi connectivity index (χ1v) is 7.41. The van der Waals surface area contributed by atoms with Gasteiger partial charge in [0.25, 0.3) is 5.91 Å². The van der Waals surface area contributed by atoms with Crippen molar-refractivity contribution in [3.63, 3.8) is 0 Å². The van der Waals surface area contributed by atoms with Crippen LogP contribution in [-0.2, 0) is 6.18 Å². The van der Waals surface area contributed by atoms with Crippen molar-refractivity contribution in [2.75, 3.05) is 13.1 Å². The molecule has 1 aliphatic rings. The van der Waals surface area contributed by atoms with Crippen LogP contribution in [0.25, 0.3) is 0 Å². The molecule has 0 bridgehead atoms. The molecule has 0 atom stereocenters. The first-order chi connectivity index (χ1) is 10.7. The molecular weight excluding hydrogens is 307 g/mol. The number of hydrogen-bond acceptors (Lipinski definition) is 2. The monoisotopic (exact) mass is 327 g/mol. The van der Waals surface area contributed by atoms with Gasteiger partial charge in [-0.1, -0.05) is 18.2 Å². The molecule has 1 aromatic heterocycles. The predicted octanol–water partition coefficient (Wildman–Crippen LogP) is 3.83. The minimum Gasteiger partial charge on any atom is -0.334 e. The van der Waals surface area contributed by atoms with Gasteiger partial charge in [0.05, 0.1) is 11.8 Å². The Hall–Kier alpha value is -2.05. The SMILES string of the molecule is C=CC1=C(C)CN(C(=O)c2cnn(C(C)C)c2C(F)(F)F)CC1. The molecule has 0 unspecified atom stereocenters. The molecule has 0 N–H and O–H groups in total. The van der Waals surface area contributed by atoms with Crippen LogP contribution in [-0.4, -0.2) is 33.7 Å². The van der Waals surface area contributed by atoms with Crippen LogP contribution < -0.4 is 0 Å². The number of rotatable bonds is 3. The number of carbonyl (C=O) groups excluding carboxylic acids is 1. The second-order valence-corrected chi connectivity index (χ2v) is 5.93. The van der Waals surface area contributed by atoms with Crippen LogP contribution in [0.1, 0.15) is 49.3 Å². The second-order valence-electron chi connectivity index (χ2n) is 5.93. The molecule has 126 valence electrons. The first kappa shape index (κ1) is 17.3. The Kier molecular flexibility index (Phi) is 4.68. The third kappa shape index (κ3) is 3.33. The summed E-state index contributed by atoms with van der Waals surface area (Å²) >= 11 is 0. The number of hydrogen-bond donors (Lipinski definition) is 0. The van der Waals surface area contributed by atoms with Crippen LogP contribution in [0.3, 0.4) is 0 Å². The van der Waals surface area contributed by atoms with Gasteiger partial charge in [0.1, 0.15) is 0 Å². The predicted molar refractivity (Wildman–Crippen MR) is 81.0 cm³/mol. The molecule has 1 amide bonds. The summed E-state index contributed by atoms with van der Waals surface area (Å²) in [4.78, 5) is 14.0. The molecule has 0 fully saturated rings. The summed E-state index contributed by atoms with van der Waals surface area (Å²) in [6.07, 6.45) is -1.28. The standard InChI is InChI=1S/C16H20F3N3O/c1-5-12-6-7-21(9-11(12)4)15(23)13-8-20-22(10(2)3)14(13)16(17,18)19/h5,8,10H,1,6-7,9H2,2-4H3. The molecule has 0 aliphatic carbocycles. The van der Waals surface area contributed by atoms with E-state index in [0.29, 0.717) is 19.5 Å². The first-order valence-electron chi connectivity index (χ1n) is 7.41. The molecule has 7 heteroatoms. The molecule has 0 aromatic carbocycles. The molecule has 0 spiro atoms. The van der Waals surface area contributed by atoms with Crippen LogP contribution in [0.5, 0.6) is 0 Å². The minimum atomic E-state index is -4.63. The molecular formula is C16H20F3N3O. The van der Waals surface area contributed by atoms with Crippen LogP contribution in [0.4, 0.5) is 13.2 Å². The quantitative estimate of drug-likeness (QED) is 0.846. The van der Waals surface area contributed by atoms with Crippen LogP contribution in [0, 0.1) is 0 Å². The van der Waals surface area contributed by atoms with E-state index in [-0.39, 0.29) is 5.56 Å². The van der Waals surface area contributed by atoms with Crippen molar-refractivity contribution in [2.45, 2.75) is 39.4 Å². The van der Waals surface area contributed by atoms with E-state index in [2.05, 4.69) is 11.7 Å². The molecule has 0 saturated carbocycles. The van der Waals surface area contributed by atoms with Crippen molar-refractivity contribution in [1.82, 2.24) is 14.7 Å². The average molecular weight is 327 g/mol. The highest BCUT2D eigenvalue weighted by Gasteiger charge is 2.41. The van der Waals surface area contributed by atoms with Crippen LogP contribution >= 0.6 is 0 Å². The number of aromatic nitrogens is 2. The van der Waals surface area contributed by atoms with Crippen molar-refractivity contribution in [3.8, 4) is 0 Å². The summed E-state index contributed by atoms with van der Waals surface area (Å²) in [6, 6.07) is -0.483. The fourth-order valence-corrected chi connectivity index (χ4v) is 2.75. The number of allylic oxidation sites excluding steroid dienone is 1. The third-order valence-electron chi connectivity index (χ3n) is 3.94. The lowest BCUT2D eigenvalue weighted by Gasteiger charge is -2.29. The van der Waals surface area contributed by atoms with E-state index in [9.17, 15) is 18.0 Å². The van der Waals surface area contributed by atoms with Crippen molar-refractivity contribution in [1.29, 1.82) is 0 Å². The van der Waals surface area contributed by atoms with Crippen molar-refractivity contribution >= 4 is 5.91 Å². The van der Waals surface area contributed by atoms with Gasteiger partial charge in [0.15, 0.2) is 5.69 Å². The minimum absolute atomic E-state index is 0.310. The Morgan fingerprint density at radius 1 is 1.43 bits per heavy atom. The number of halogens is 3. The van der Waals surface area contributed by atoms with Gasteiger partial charge in [0, 0.05) is 19.1 Å². The Morgan fingerprint density at radius 2 is 2.09 bits per heavy atom. The third-order valence-corrected chi connectivity index (χ3v) is 3.94. The van der Waals surface area contributed by atoms with E-state index in [1.165, 1.54) is 4.90 Å². The van der Waals surface area contributed by atoms with Crippen molar-refractivity contribution in [3.05, 3.63) is 41.3 Å². The number of alkyl halides is 3. The fourth-order valence-electron chi connectivity index (χ4n) is 2.75. The second kappa shape index (κ2) is 6.22. The van der Waals surface area contributed by atoms with Gasteiger partial charge in [-0.3, -0.25) is 9.48 Å². The molecule has 0 saturated heterocycles. The van der Waals surface area contributed by atoms with Gasteiger partial charge in [-0.05, 0) is 32.8 Å². The number of carbonyl (C=O) groups is 1. The van der Waals surface area contributed by atoms with Gasteiger partial charge >= 0.3 is 6.18 Å². The summed E-state index contributed by atoms with van der Waals surface area (Å²) in [5.41, 5.74) is 0.627. The Balaban J connectivity index is 2.38. The Bertz CT molecular complexity index is 656. The highest BCUT2D eigenvalue weighted by atomic mass is 19.4. The van der Waals surface area contributed by atoms with Gasteiger partial charge in [0.2, 0.25) is 0 Å². The molecule has 2 rings (SSSR count). The number of nitrogens with zero attached hydrogens (tertiary/aromatic N) is 3. The maximum Gasteiger partial charge on any atom is 0.433 e. The summed E-state index contributed by atoms with van der Waals surface area (Å²) in [7, 11) is 0. The van der Waals surface area contributed by atoms with E-state index in [1.54, 1.807) is 19.9 Å². The van der Waals surface area contributed by atoms with Gasteiger partial charge in [-0.2, -0.15) is 18.3 Å². The highest BCUT2D eigenvalue weighted by molar-refractivity contribution is 5.95. The van der Waals surface area contributed by atoms with Gasteiger partial charge < -0.3 is 4.90 Å². The van der Waals surface area contributed by atoms with Crippen molar-refractivity contribution in [2.24, 2.45) is 0 Å². The van der Waals surface area contributed by atoms with Crippen LogP contribution in [0.2, 0.25) is 0 Å². The van der Waals surface area contributed by atoms with E-state index < -0.39 is 23.8 Å². The zero-order chi connectivity index (χ0) is 17.4. The zero-order valence-electron chi connectivity index (χ0n) is 13.4. The molecule has 2 heterocycles. The lowest BCUT2D eigenvalue weighted by Crippen LogP contribution is -2.37. The topological polar surface area (TPSA) is 38.1 Å². The largest absolute Gasteiger partial charge is 0.433 e. The normalized spacial score (nSPS) is 16.2. The summed E-state index contributed by atoms with van der Waals surface area (Å²) in [5.74, 6) is -0.633. The molecule has 4 nitrogen and oxygen atoms in total. The van der Waals surface area contributed by atoms with Crippen LogP contribution in [0.15, 0.2) is 30.0 Å². The summed E-state index contributed by atoms with van der Waals surface area (Å²) in [6.45, 7) is 9.45. The average Bonchev–Trinajstić information content (AvgIpc) is 2.91. The van der Waals surface area contributed by atoms with E-state index in [0.717, 1.165) is 22.0 Å². The molecule has 0 radical (unpaired) electrons. The molecule has 23 heavy (non-hydrogen) atoms. The Morgan fingerprint density at radius 3 is 2.57 bits per heavy atom. The highest BCUT2D eigenvalue weighted by Crippen LogP contribution is 2.34. The van der Waals surface area contributed by atoms with Crippen molar-refractivity contribution < 1.29 is 18.0 Å². The smallest absolute Gasteiger partial charge is 0.334 e. The van der Waals surface area contributed by atoms with Gasteiger partial charge in [-0.15, -0.1) is 0 Å². The summed E-state index contributed by atoms with van der Waals surface area (Å²) in [5, 5.41) is 3.77. The summed E-state index contributed by atoms with van der Waals surface area (Å²) < 4.78 is 41.0. The fraction of sp³-hybridized carbons (Fsp3) is 0.500. The molecule has 1 aromatic rings. The lowest BCUT2D eigenvalue weighted by molar-refractivity contribution is -0.145. The maximum atomic E-state index is 13.4. The van der Waals surface area contributed by atoms with Gasteiger partial charge in [-0.25, -0.2) is 0 Å². The van der Waals surface area contributed by atoms with E-state index in [1.807, 2.05) is 6.92 Å². The zero-order valence-corrected chi connectivity index (χ0v) is 13.4. The lowest BCUT2D eigenvalue weighted by atomic mass is 10.0. The van der Waals surface area contributed by atoms with E-state index in [4.69, 9.17) is 0 Å². The maximum absolute atomic E-state index is 13.4. The Labute approximate surface area is 133 Å². The molecule has 1 aliphatic heterocycles. The van der Waals surface area contributed by atoms with E-state index >= 15 is 0 Å².